The highest BCUT2D eigenvalue weighted by Crippen LogP contribution is 2.24. The van der Waals surface area contributed by atoms with Crippen LogP contribution < -0.4 is 4.74 Å². The zero-order valence-electron chi connectivity index (χ0n) is 14.8. The van der Waals surface area contributed by atoms with Crippen LogP contribution in [0.3, 0.4) is 0 Å². The number of hydrogen-bond donors (Lipinski definition) is 0. The van der Waals surface area contributed by atoms with Crippen molar-refractivity contribution in [2.75, 3.05) is 7.11 Å². The molecule has 0 radical (unpaired) electrons. The summed E-state index contributed by atoms with van der Waals surface area (Å²) >= 11 is 0. The zero-order chi connectivity index (χ0) is 18.7. The molecule has 0 bridgehead atoms. The number of aryl methyl sites for hydroxylation is 2. The number of carbonyl (C=O) groups excluding carboxylic acids is 1. The van der Waals surface area contributed by atoms with Crippen LogP contribution >= 0.6 is 0 Å². The predicted octanol–water partition coefficient (Wildman–Crippen LogP) is 3.99. The van der Waals surface area contributed by atoms with Crippen molar-refractivity contribution in [3.63, 3.8) is 0 Å². The minimum absolute atomic E-state index is 0.257. The van der Waals surface area contributed by atoms with Crippen molar-refractivity contribution in [2.45, 2.75) is 20.5 Å². The van der Waals surface area contributed by atoms with Crippen LogP contribution in [0.1, 0.15) is 27.2 Å². The third-order valence-corrected chi connectivity index (χ3v) is 3.88. The fourth-order valence-corrected chi connectivity index (χ4v) is 2.66. The third kappa shape index (κ3) is 3.81. The standard InChI is InChI=1S/C20H19FN2O3/c1-13-4-9-18(14(2)10-13)23-19(11-17(22-23)12-25-3)26-20(24)15-5-7-16(21)8-6-15/h4-11H,12H2,1-3H3. The first-order valence-electron chi connectivity index (χ1n) is 8.11. The molecule has 0 aliphatic heterocycles. The van der Waals surface area contributed by atoms with Crippen molar-refractivity contribution in [3.8, 4) is 11.6 Å². The molecule has 0 saturated heterocycles. The first kappa shape index (κ1) is 17.8. The van der Waals surface area contributed by atoms with E-state index < -0.39 is 11.8 Å². The van der Waals surface area contributed by atoms with E-state index in [-0.39, 0.29) is 11.4 Å². The maximum absolute atomic E-state index is 13.0. The zero-order valence-corrected chi connectivity index (χ0v) is 14.8. The van der Waals surface area contributed by atoms with E-state index >= 15 is 0 Å². The Labute approximate surface area is 151 Å². The third-order valence-electron chi connectivity index (χ3n) is 3.88. The minimum Gasteiger partial charge on any atom is -0.404 e. The molecular formula is C20H19FN2O3. The summed E-state index contributed by atoms with van der Waals surface area (Å²) in [5.74, 6) is -0.720. The summed E-state index contributed by atoms with van der Waals surface area (Å²) in [6, 6.07) is 12.8. The highest BCUT2D eigenvalue weighted by atomic mass is 19.1. The number of esters is 1. The van der Waals surface area contributed by atoms with Crippen LogP contribution in [0.4, 0.5) is 4.39 Å². The fourth-order valence-electron chi connectivity index (χ4n) is 2.66. The van der Waals surface area contributed by atoms with Crippen molar-refractivity contribution in [1.82, 2.24) is 9.78 Å². The molecule has 26 heavy (non-hydrogen) atoms. The number of methoxy groups -OCH3 is 1. The molecule has 0 fully saturated rings. The Morgan fingerprint density at radius 1 is 1.12 bits per heavy atom. The van der Waals surface area contributed by atoms with E-state index in [0.717, 1.165) is 16.8 Å². The Bertz CT molecular complexity index is 933. The molecule has 0 aliphatic rings. The van der Waals surface area contributed by atoms with E-state index in [1.54, 1.807) is 17.9 Å². The summed E-state index contributed by atoms with van der Waals surface area (Å²) in [4.78, 5) is 12.4. The van der Waals surface area contributed by atoms with Gasteiger partial charge >= 0.3 is 5.97 Å². The molecule has 0 spiro atoms. The second-order valence-corrected chi connectivity index (χ2v) is 6.01. The quantitative estimate of drug-likeness (QED) is 0.650. The molecule has 1 heterocycles. The Hall–Kier alpha value is -2.99. The van der Waals surface area contributed by atoms with Crippen LogP contribution in [-0.4, -0.2) is 22.9 Å². The van der Waals surface area contributed by atoms with Gasteiger partial charge in [0.05, 0.1) is 23.6 Å². The summed E-state index contributed by atoms with van der Waals surface area (Å²) in [5.41, 5.74) is 3.82. The van der Waals surface area contributed by atoms with E-state index in [1.807, 2.05) is 32.0 Å². The van der Waals surface area contributed by atoms with Crippen LogP contribution in [0.15, 0.2) is 48.5 Å². The van der Waals surface area contributed by atoms with Gasteiger partial charge in [-0.05, 0) is 49.7 Å². The smallest absolute Gasteiger partial charge is 0.344 e. The van der Waals surface area contributed by atoms with Crippen molar-refractivity contribution in [1.29, 1.82) is 0 Å². The second-order valence-electron chi connectivity index (χ2n) is 6.01. The predicted molar refractivity (Wildman–Crippen MR) is 95.1 cm³/mol. The van der Waals surface area contributed by atoms with Crippen molar-refractivity contribution >= 4 is 5.97 Å². The molecule has 0 unspecified atom stereocenters. The van der Waals surface area contributed by atoms with Crippen LogP contribution in [0.25, 0.3) is 5.69 Å². The lowest BCUT2D eigenvalue weighted by atomic mass is 10.1. The average Bonchev–Trinajstić information content (AvgIpc) is 2.98. The molecule has 0 saturated carbocycles. The number of benzene rings is 2. The van der Waals surface area contributed by atoms with E-state index in [2.05, 4.69) is 5.10 Å². The molecule has 3 aromatic rings. The molecule has 134 valence electrons. The van der Waals surface area contributed by atoms with Gasteiger partial charge in [0.1, 0.15) is 5.82 Å². The van der Waals surface area contributed by atoms with Gasteiger partial charge in [0, 0.05) is 13.2 Å². The topological polar surface area (TPSA) is 53.4 Å². The Morgan fingerprint density at radius 3 is 2.50 bits per heavy atom. The number of rotatable bonds is 5. The van der Waals surface area contributed by atoms with Crippen molar-refractivity contribution < 1.29 is 18.7 Å². The molecule has 0 N–H and O–H groups in total. The van der Waals surface area contributed by atoms with Gasteiger partial charge in [0.2, 0.25) is 5.88 Å². The summed E-state index contributed by atoms with van der Waals surface area (Å²) in [6.07, 6.45) is 0. The average molecular weight is 354 g/mol. The molecule has 3 rings (SSSR count). The summed E-state index contributed by atoms with van der Waals surface area (Å²) in [6.45, 7) is 4.26. The monoisotopic (exact) mass is 354 g/mol. The van der Waals surface area contributed by atoms with Crippen LogP contribution in [-0.2, 0) is 11.3 Å². The van der Waals surface area contributed by atoms with Gasteiger partial charge in [-0.15, -0.1) is 0 Å². The number of hydrogen-bond acceptors (Lipinski definition) is 4. The lowest BCUT2D eigenvalue weighted by Crippen LogP contribution is -2.12. The molecule has 1 aromatic heterocycles. The van der Waals surface area contributed by atoms with Gasteiger partial charge in [0.25, 0.3) is 0 Å². The van der Waals surface area contributed by atoms with Crippen molar-refractivity contribution in [2.24, 2.45) is 0 Å². The first-order valence-corrected chi connectivity index (χ1v) is 8.11. The number of aromatic nitrogens is 2. The molecule has 0 amide bonds. The van der Waals surface area contributed by atoms with Crippen LogP contribution in [0, 0.1) is 19.7 Å². The van der Waals surface area contributed by atoms with Gasteiger partial charge in [-0.1, -0.05) is 17.7 Å². The lowest BCUT2D eigenvalue weighted by molar-refractivity contribution is 0.0723. The van der Waals surface area contributed by atoms with Gasteiger partial charge < -0.3 is 9.47 Å². The normalized spacial score (nSPS) is 10.8. The van der Waals surface area contributed by atoms with Gasteiger partial charge in [-0.25, -0.2) is 9.18 Å². The number of halogens is 1. The highest BCUT2D eigenvalue weighted by molar-refractivity contribution is 5.90. The first-order chi connectivity index (χ1) is 12.5. The Morgan fingerprint density at radius 2 is 1.85 bits per heavy atom. The van der Waals surface area contributed by atoms with E-state index in [1.165, 1.54) is 24.3 Å². The van der Waals surface area contributed by atoms with Gasteiger partial charge in [-0.2, -0.15) is 9.78 Å². The lowest BCUT2D eigenvalue weighted by Gasteiger charge is -2.11. The largest absolute Gasteiger partial charge is 0.404 e. The van der Waals surface area contributed by atoms with Crippen molar-refractivity contribution in [3.05, 3.63) is 76.7 Å². The maximum Gasteiger partial charge on any atom is 0.344 e. The summed E-state index contributed by atoms with van der Waals surface area (Å²) in [7, 11) is 1.57. The van der Waals surface area contributed by atoms with Crippen LogP contribution in [0.2, 0.25) is 0 Å². The minimum atomic E-state index is -0.583. The number of ether oxygens (including phenoxy) is 2. The Balaban J connectivity index is 1.97. The molecule has 2 aromatic carbocycles. The molecule has 5 nitrogen and oxygen atoms in total. The summed E-state index contributed by atoms with van der Waals surface area (Å²) < 4.78 is 25.3. The maximum atomic E-state index is 13.0. The summed E-state index contributed by atoms with van der Waals surface area (Å²) in [5, 5.41) is 4.48. The second kappa shape index (κ2) is 7.49. The molecule has 6 heteroatoms. The van der Waals surface area contributed by atoms with E-state index in [9.17, 15) is 9.18 Å². The molecular weight excluding hydrogens is 335 g/mol. The van der Waals surface area contributed by atoms with Gasteiger partial charge in [0.15, 0.2) is 0 Å². The SMILES string of the molecule is COCc1cc(OC(=O)c2ccc(F)cc2)n(-c2ccc(C)cc2C)n1. The van der Waals surface area contributed by atoms with E-state index in [4.69, 9.17) is 9.47 Å². The number of nitrogens with zero attached hydrogens (tertiary/aromatic N) is 2. The fraction of sp³-hybridized carbons (Fsp3) is 0.200. The van der Waals surface area contributed by atoms with E-state index in [0.29, 0.717) is 12.3 Å². The van der Waals surface area contributed by atoms with Crippen LogP contribution in [0.5, 0.6) is 5.88 Å². The highest BCUT2D eigenvalue weighted by Gasteiger charge is 2.17. The van der Waals surface area contributed by atoms with Gasteiger partial charge in [-0.3, -0.25) is 0 Å². The Kier molecular flexibility index (Phi) is 5.14. The molecule has 0 aliphatic carbocycles. The number of carbonyl (C=O) groups is 1. The molecule has 0 atom stereocenters.